The topological polar surface area (TPSA) is 92.1 Å². The first-order valence-corrected chi connectivity index (χ1v) is 9.75. The maximum Gasteiger partial charge on any atom is 0.224 e. The van der Waals surface area contributed by atoms with Crippen LogP contribution in [0.1, 0.15) is 12.3 Å². The molecule has 1 amide bonds. The molecule has 0 spiro atoms. The van der Waals surface area contributed by atoms with Gasteiger partial charge in [-0.1, -0.05) is 11.6 Å². The second kappa shape index (κ2) is 10.1. The Morgan fingerprint density at radius 2 is 1.74 bits per heavy atom. The lowest BCUT2D eigenvalue weighted by Gasteiger charge is -2.13. The number of aromatic nitrogens is 1. The van der Waals surface area contributed by atoms with Crippen molar-refractivity contribution in [2.75, 3.05) is 33.8 Å². The SMILES string of the molecule is COc1ccc(-c2cnc(CCC(=O)Nc3cc(OC)c(Cl)cc3OC)o2)c(OC)c1. The van der Waals surface area contributed by atoms with Crippen LogP contribution in [-0.2, 0) is 11.2 Å². The zero-order chi connectivity index (χ0) is 22.4. The zero-order valence-corrected chi connectivity index (χ0v) is 18.4. The summed E-state index contributed by atoms with van der Waals surface area (Å²) in [7, 11) is 6.15. The van der Waals surface area contributed by atoms with E-state index in [1.54, 1.807) is 44.7 Å². The molecule has 1 heterocycles. The van der Waals surface area contributed by atoms with Crippen LogP contribution in [-0.4, -0.2) is 39.3 Å². The molecule has 8 nitrogen and oxygen atoms in total. The molecule has 0 aliphatic carbocycles. The lowest BCUT2D eigenvalue weighted by molar-refractivity contribution is -0.116. The first-order valence-electron chi connectivity index (χ1n) is 9.37. The van der Waals surface area contributed by atoms with E-state index in [0.29, 0.717) is 51.8 Å². The Kier molecular flexibility index (Phi) is 7.25. The van der Waals surface area contributed by atoms with Crippen molar-refractivity contribution in [2.24, 2.45) is 0 Å². The number of aryl methyl sites for hydroxylation is 1. The summed E-state index contributed by atoms with van der Waals surface area (Å²) in [6.45, 7) is 0. The molecule has 0 aliphatic heterocycles. The van der Waals surface area contributed by atoms with Gasteiger partial charge in [-0.05, 0) is 12.1 Å². The van der Waals surface area contributed by atoms with Gasteiger partial charge in [0.05, 0.1) is 50.9 Å². The number of amides is 1. The highest BCUT2D eigenvalue weighted by Gasteiger charge is 2.15. The van der Waals surface area contributed by atoms with Crippen molar-refractivity contribution >= 4 is 23.2 Å². The Morgan fingerprint density at radius 1 is 1.00 bits per heavy atom. The van der Waals surface area contributed by atoms with Crippen molar-refractivity contribution in [3.8, 4) is 34.3 Å². The number of nitrogens with zero attached hydrogens (tertiary/aromatic N) is 1. The minimum Gasteiger partial charge on any atom is -0.497 e. The molecule has 9 heteroatoms. The quantitative estimate of drug-likeness (QED) is 0.513. The third kappa shape index (κ3) is 5.21. The maximum atomic E-state index is 12.4. The molecule has 164 valence electrons. The lowest BCUT2D eigenvalue weighted by Crippen LogP contribution is -2.13. The normalized spacial score (nSPS) is 10.5. The molecule has 0 atom stereocenters. The number of carbonyl (C=O) groups is 1. The standard InChI is InChI=1S/C22H23ClN2O6/c1-27-13-5-6-14(17(9-13)28-2)20-12-24-22(31-20)8-7-21(26)25-16-11-18(29-3)15(23)10-19(16)30-4/h5-6,9-12H,7-8H2,1-4H3,(H,25,26). The Bertz CT molecular complexity index is 1070. The zero-order valence-electron chi connectivity index (χ0n) is 17.7. The molecular weight excluding hydrogens is 424 g/mol. The summed E-state index contributed by atoms with van der Waals surface area (Å²) in [6.07, 6.45) is 2.08. The van der Waals surface area contributed by atoms with Gasteiger partial charge in [-0.2, -0.15) is 0 Å². The van der Waals surface area contributed by atoms with Gasteiger partial charge in [-0.3, -0.25) is 4.79 Å². The van der Waals surface area contributed by atoms with Crippen LogP contribution in [0.3, 0.4) is 0 Å². The molecule has 0 saturated heterocycles. The molecule has 3 rings (SSSR count). The Labute approximate surface area is 185 Å². The van der Waals surface area contributed by atoms with E-state index in [9.17, 15) is 4.79 Å². The van der Waals surface area contributed by atoms with Gasteiger partial charge in [-0.25, -0.2) is 4.98 Å². The van der Waals surface area contributed by atoms with Crippen LogP contribution in [0.15, 0.2) is 40.9 Å². The van der Waals surface area contributed by atoms with E-state index in [1.807, 2.05) is 6.07 Å². The first kappa shape index (κ1) is 22.3. The Balaban J connectivity index is 1.67. The number of anilines is 1. The van der Waals surface area contributed by atoms with E-state index in [0.717, 1.165) is 5.56 Å². The van der Waals surface area contributed by atoms with Gasteiger partial charge in [0.1, 0.15) is 23.0 Å². The Hall–Kier alpha value is -3.39. The summed E-state index contributed by atoms with van der Waals surface area (Å²) in [5, 5.41) is 3.18. The predicted molar refractivity (Wildman–Crippen MR) is 117 cm³/mol. The predicted octanol–water partition coefficient (Wildman–Crippen LogP) is 4.60. The van der Waals surface area contributed by atoms with Crippen molar-refractivity contribution in [2.45, 2.75) is 12.8 Å². The average molecular weight is 447 g/mol. The van der Waals surface area contributed by atoms with Gasteiger partial charge in [-0.15, -0.1) is 0 Å². The van der Waals surface area contributed by atoms with E-state index < -0.39 is 0 Å². The monoisotopic (exact) mass is 446 g/mol. The van der Waals surface area contributed by atoms with Gasteiger partial charge in [0.15, 0.2) is 11.7 Å². The van der Waals surface area contributed by atoms with Gasteiger partial charge in [0.2, 0.25) is 5.91 Å². The number of ether oxygens (including phenoxy) is 4. The number of nitrogens with one attached hydrogen (secondary N) is 1. The highest BCUT2D eigenvalue weighted by Crippen LogP contribution is 2.36. The van der Waals surface area contributed by atoms with E-state index in [2.05, 4.69) is 10.3 Å². The minimum atomic E-state index is -0.232. The molecule has 2 aromatic carbocycles. The Morgan fingerprint density at radius 3 is 2.42 bits per heavy atom. The number of oxazole rings is 1. The summed E-state index contributed by atoms with van der Waals surface area (Å²) in [4.78, 5) is 16.7. The summed E-state index contributed by atoms with van der Waals surface area (Å²) < 4.78 is 26.9. The molecule has 0 radical (unpaired) electrons. The fourth-order valence-corrected chi connectivity index (χ4v) is 3.17. The fourth-order valence-electron chi connectivity index (χ4n) is 2.94. The third-order valence-electron chi connectivity index (χ3n) is 4.54. The number of carbonyl (C=O) groups excluding carboxylic acids is 1. The molecular formula is C22H23ClN2O6. The minimum absolute atomic E-state index is 0.161. The highest BCUT2D eigenvalue weighted by atomic mass is 35.5. The molecule has 0 fully saturated rings. The summed E-state index contributed by atoms with van der Waals surface area (Å²) in [6, 6.07) is 8.59. The van der Waals surface area contributed by atoms with Crippen LogP contribution in [0.4, 0.5) is 5.69 Å². The third-order valence-corrected chi connectivity index (χ3v) is 4.84. The van der Waals surface area contributed by atoms with Gasteiger partial charge in [0, 0.05) is 31.0 Å². The van der Waals surface area contributed by atoms with Gasteiger partial charge in [0.25, 0.3) is 0 Å². The number of halogens is 1. The molecule has 31 heavy (non-hydrogen) atoms. The van der Waals surface area contributed by atoms with Crippen LogP contribution in [0.25, 0.3) is 11.3 Å². The molecule has 0 bridgehead atoms. The number of benzene rings is 2. The largest absolute Gasteiger partial charge is 0.497 e. The molecule has 3 aromatic rings. The average Bonchev–Trinajstić information content (AvgIpc) is 3.26. The van der Waals surface area contributed by atoms with Crippen molar-refractivity contribution in [3.63, 3.8) is 0 Å². The fraction of sp³-hybridized carbons (Fsp3) is 0.273. The maximum absolute atomic E-state index is 12.4. The van der Waals surface area contributed by atoms with Gasteiger partial charge < -0.3 is 28.7 Å². The van der Waals surface area contributed by atoms with Crippen molar-refractivity contribution in [1.82, 2.24) is 4.98 Å². The molecule has 1 N–H and O–H groups in total. The molecule has 1 aromatic heterocycles. The number of methoxy groups -OCH3 is 4. The van der Waals surface area contributed by atoms with Crippen LogP contribution >= 0.6 is 11.6 Å². The van der Waals surface area contributed by atoms with E-state index in [-0.39, 0.29) is 12.3 Å². The highest BCUT2D eigenvalue weighted by molar-refractivity contribution is 6.32. The molecule has 0 saturated carbocycles. The molecule has 0 unspecified atom stereocenters. The summed E-state index contributed by atoms with van der Waals surface area (Å²) >= 11 is 6.10. The van der Waals surface area contributed by atoms with E-state index in [1.165, 1.54) is 14.2 Å². The van der Waals surface area contributed by atoms with Crippen LogP contribution in [0.2, 0.25) is 5.02 Å². The number of rotatable bonds is 9. The smallest absolute Gasteiger partial charge is 0.224 e. The van der Waals surface area contributed by atoms with Crippen molar-refractivity contribution in [3.05, 3.63) is 47.4 Å². The number of hydrogen-bond acceptors (Lipinski definition) is 7. The second-order valence-corrected chi connectivity index (χ2v) is 6.83. The summed E-state index contributed by atoms with van der Waals surface area (Å²) in [5.74, 6) is 2.88. The van der Waals surface area contributed by atoms with E-state index in [4.69, 9.17) is 35.0 Å². The van der Waals surface area contributed by atoms with Crippen LogP contribution in [0.5, 0.6) is 23.0 Å². The lowest BCUT2D eigenvalue weighted by atomic mass is 10.1. The van der Waals surface area contributed by atoms with Gasteiger partial charge >= 0.3 is 0 Å². The molecule has 0 aliphatic rings. The summed E-state index contributed by atoms with van der Waals surface area (Å²) in [5.41, 5.74) is 1.20. The second-order valence-electron chi connectivity index (χ2n) is 6.42. The van der Waals surface area contributed by atoms with Crippen LogP contribution in [0, 0.1) is 0 Å². The van der Waals surface area contributed by atoms with E-state index >= 15 is 0 Å². The van der Waals surface area contributed by atoms with Crippen molar-refractivity contribution < 1.29 is 28.2 Å². The first-order chi connectivity index (χ1) is 15.0. The number of hydrogen-bond donors (Lipinski definition) is 1. The van der Waals surface area contributed by atoms with Crippen molar-refractivity contribution in [1.29, 1.82) is 0 Å². The van der Waals surface area contributed by atoms with Crippen LogP contribution < -0.4 is 24.3 Å².